The van der Waals surface area contributed by atoms with Gasteiger partial charge in [0.25, 0.3) is 5.56 Å². The second-order valence-electron chi connectivity index (χ2n) is 7.29. The zero-order valence-corrected chi connectivity index (χ0v) is 18.2. The molecule has 2 aromatic carbocycles. The minimum atomic E-state index is -4.64. The Morgan fingerprint density at radius 2 is 1.79 bits per heavy atom. The SMILES string of the molecule is CCc1ccc(NC(=O)Cn2c(=O)n(-c3cccc(C(F)(F)F)c3)c(=O)c3sccc32)cc1. The molecule has 10 heteroatoms. The fourth-order valence-electron chi connectivity index (χ4n) is 3.46. The van der Waals surface area contributed by atoms with Crippen molar-refractivity contribution in [1.29, 1.82) is 0 Å². The van der Waals surface area contributed by atoms with Gasteiger partial charge in [-0.2, -0.15) is 13.2 Å². The molecule has 0 aliphatic heterocycles. The maximum atomic E-state index is 13.2. The number of fused-ring (bicyclic) bond motifs is 1. The van der Waals surface area contributed by atoms with Crippen LogP contribution in [-0.4, -0.2) is 15.0 Å². The number of alkyl halides is 3. The van der Waals surface area contributed by atoms with E-state index >= 15 is 0 Å². The van der Waals surface area contributed by atoms with Crippen LogP contribution < -0.4 is 16.6 Å². The van der Waals surface area contributed by atoms with Crippen LogP contribution >= 0.6 is 11.3 Å². The highest BCUT2D eigenvalue weighted by Gasteiger charge is 2.31. The average molecular weight is 473 g/mol. The summed E-state index contributed by atoms with van der Waals surface area (Å²) in [4.78, 5) is 38.8. The van der Waals surface area contributed by atoms with Gasteiger partial charge in [0.1, 0.15) is 11.2 Å². The number of benzene rings is 2. The second kappa shape index (κ2) is 8.70. The molecule has 33 heavy (non-hydrogen) atoms. The van der Waals surface area contributed by atoms with E-state index in [4.69, 9.17) is 0 Å². The highest BCUT2D eigenvalue weighted by Crippen LogP contribution is 2.30. The van der Waals surface area contributed by atoms with Gasteiger partial charge >= 0.3 is 11.9 Å². The number of nitrogens with one attached hydrogen (secondary N) is 1. The van der Waals surface area contributed by atoms with Crippen molar-refractivity contribution < 1.29 is 18.0 Å². The Morgan fingerprint density at radius 1 is 1.06 bits per heavy atom. The molecule has 6 nitrogen and oxygen atoms in total. The molecule has 2 aromatic heterocycles. The smallest absolute Gasteiger partial charge is 0.325 e. The normalized spacial score (nSPS) is 11.6. The van der Waals surface area contributed by atoms with Crippen molar-refractivity contribution in [1.82, 2.24) is 9.13 Å². The number of carbonyl (C=O) groups is 1. The molecule has 170 valence electrons. The Labute approximate surface area is 189 Å². The van der Waals surface area contributed by atoms with Crippen molar-refractivity contribution in [3.63, 3.8) is 0 Å². The van der Waals surface area contributed by atoms with E-state index in [0.717, 1.165) is 46.1 Å². The molecule has 0 aliphatic carbocycles. The molecule has 4 rings (SSSR count). The van der Waals surface area contributed by atoms with Crippen molar-refractivity contribution in [2.24, 2.45) is 0 Å². The van der Waals surface area contributed by atoms with Crippen molar-refractivity contribution in [3.8, 4) is 5.69 Å². The molecule has 0 fully saturated rings. The van der Waals surface area contributed by atoms with Gasteiger partial charge in [0, 0.05) is 5.69 Å². The van der Waals surface area contributed by atoms with Crippen LogP contribution in [0.1, 0.15) is 18.1 Å². The fourth-order valence-corrected chi connectivity index (χ4v) is 4.28. The number of thiophene rings is 1. The first-order valence-electron chi connectivity index (χ1n) is 9.98. The van der Waals surface area contributed by atoms with E-state index in [0.29, 0.717) is 10.3 Å². The van der Waals surface area contributed by atoms with E-state index in [9.17, 15) is 27.6 Å². The van der Waals surface area contributed by atoms with E-state index in [1.54, 1.807) is 17.5 Å². The predicted octanol–water partition coefficient (Wildman–Crippen LogP) is 4.43. The summed E-state index contributed by atoms with van der Waals surface area (Å²) in [5.74, 6) is -0.511. The lowest BCUT2D eigenvalue weighted by atomic mass is 10.1. The third-order valence-electron chi connectivity index (χ3n) is 5.13. The average Bonchev–Trinajstić information content (AvgIpc) is 3.27. The van der Waals surface area contributed by atoms with Crippen LogP contribution in [0.2, 0.25) is 0 Å². The van der Waals surface area contributed by atoms with Crippen LogP contribution in [0.3, 0.4) is 0 Å². The number of rotatable bonds is 5. The van der Waals surface area contributed by atoms with Gasteiger partial charge < -0.3 is 5.32 Å². The topological polar surface area (TPSA) is 73.1 Å². The lowest BCUT2D eigenvalue weighted by Gasteiger charge is -2.14. The summed E-state index contributed by atoms with van der Waals surface area (Å²) >= 11 is 1.04. The number of aromatic nitrogens is 2. The Morgan fingerprint density at radius 3 is 2.45 bits per heavy atom. The molecular formula is C23H18F3N3O3S. The zero-order chi connectivity index (χ0) is 23.8. The van der Waals surface area contributed by atoms with Gasteiger partial charge in [-0.05, 0) is 53.8 Å². The molecule has 1 N–H and O–H groups in total. The number of halogens is 3. The van der Waals surface area contributed by atoms with Crippen LogP contribution in [0.4, 0.5) is 18.9 Å². The van der Waals surface area contributed by atoms with Gasteiger partial charge in [0.05, 0.1) is 16.8 Å². The number of hydrogen-bond donors (Lipinski definition) is 1. The number of carbonyl (C=O) groups excluding carboxylic acids is 1. The summed E-state index contributed by atoms with van der Waals surface area (Å²) in [6.45, 7) is 1.59. The van der Waals surface area contributed by atoms with Gasteiger partial charge in [0.15, 0.2) is 0 Å². The number of amides is 1. The van der Waals surface area contributed by atoms with Crippen LogP contribution in [0, 0.1) is 0 Å². The van der Waals surface area contributed by atoms with Gasteiger partial charge in [-0.1, -0.05) is 25.1 Å². The fraction of sp³-hybridized carbons (Fsp3) is 0.174. The minimum absolute atomic E-state index is 0.159. The van der Waals surface area contributed by atoms with Gasteiger partial charge in [-0.25, -0.2) is 9.36 Å². The molecule has 0 saturated heterocycles. The number of hydrogen-bond acceptors (Lipinski definition) is 4. The Kier molecular flexibility index (Phi) is 5.94. The lowest BCUT2D eigenvalue weighted by molar-refractivity contribution is -0.137. The molecular weight excluding hydrogens is 455 g/mol. The second-order valence-corrected chi connectivity index (χ2v) is 8.21. The monoisotopic (exact) mass is 473 g/mol. The minimum Gasteiger partial charge on any atom is -0.325 e. The summed E-state index contributed by atoms with van der Waals surface area (Å²) in [6.07, 6.45) is -3.80. The summed E-state index contributed by atoms with van der Waals surface area (Å²) in [5.41, 5.74) is -0.972. The van der Waals surface area contributed by atoms with E-state index in [2.05, 4.69) is 5.32 Å². The molecule has 0 radical (unpaired) electrons. The zero-order valence-electron chi connectivity index (χ0n) is 17.3. The number of nitrogens with zero attached hydrogens (tertiary/aromatic N) is 2. The first-order chi connectivity index (χ1) is 15.7. The molecule has 0 unspecified atom stereocenters. The molecule has 0 saturated carbocycles. The highest BCUT2D eigenvalue weighted by molar-refractivity contribution is 7.17. The summed E-state index contributed by atoms with van der Waals surface area (Å²) in [6, 6.07) is 12.7. The van der Waals surface area contributed by atoms with Crippen LogP contribution in [0.5, 0.6) is 0 Å². The Hall–Kier alpha value is -3.66. The Balaban J connectivity index is 1.77. The molecule has 4 aromatic rings. The lowest BCUT2D eigenvalue weighted by Crippen LogP contribution is -2.40. The predicted molar refractivity (Wildman–Crippen MR) is 121 cm³/mol. The van der Waals surface area contributed by atoms with E-state index in [1.165, 1.54) is 12.1 Å². The largest absolute Gasteiger partial charge is 0.416 e. The third-order valence-corrected chi connectivity index (χ3v) is 6.03. The van der Waals surface area contributed by atoms with Crippen molar-refractivity contribution in [2.45, 2.75) is 26.1 Å². The molecule has 0 bridgehead atoms. The quantitative estimate of drug-likeness (QED) is 0.466. The summed E-state index contributed by atoms with van der Waals surface area (Å²) in [5, 5.41) is 4.28. The van der Waals surface area contributed by atoms with Crippen LogP contribution in [-0.2, 0) is 23.9 Å². The molecule has 0 atom stereocenters. The van der Waals surface area contributed by atoms with E-state index in [1.807, 2.05) is 19.1 Å². The number of aryl methyl sites for hydroxylation is 1. The molecule has 1 amide bonds. The van der Waals surface area contributed by atoms with Crippen molar-refractivity contribution >= 4 is 33.1 Å². The highest BCUT2D eigenvalue weighted by atomic mass is 32.1. The van der Waals surface area contributed by atoms with E-state index in [-0.39, 0.29) is 15.9 Å². The molecule has 2 heterocycles. The van der Waals surface area contributed by atoms with Crippen molar-refractivity contribution in [3.05, 3.63) is 91.9 Å². The van der Waals surface area contributed by atoms with Crippen molar-refractivity contribution in [2.75, 3.05) is 5.32 Å². The van der Waals surface area contributed by atoms with Gasteiger partial charge in [0.2, 0.25) is 5.91 Å². The summed E-state index contributed by atoms with van der Waals surface area (Å²) in [7, 11) is 0. The third kappa shape index (κ3) is 4.47. The maximum absolute atomic E-state index is 13.2. The van der Waals surface area contributed by atoms with Crippen LogP contribution in [0.15, 0.2) is 69.6 Å². The maximum Gasteiger partial charge on any atom is 0.416 e. The molecule has 0 spiro atoms. The summed E-state index contributed by atoms with van der Waals surface area (Å²) < 4.78 is 41.4. The Bertz CT molecular complexity index is 1450. The standard InChI is InChI=1S/C23H18F3N3O3S/c1-2-14-6-8-16(9-7-14)27-19(30)13-28-18-10-11-33-20(18)21(31)29(22(28)32)17-5-3-4-15(12-17)23(24,25)26/h3-12H,2,13H2,1H3,(H,27,30). The van der Waals surface area contributed by atoms with Gasteiger partial charge in [-0.3, -0.25) is 14.2 Å². The van der Waals surface area contributed by atoms with Crippen LogP contribution in [0.25, 0.3) is 15.9 Å². The van der Waals surface area contributed by atoms with Gasteiger partial charge in [-0.15, -0.1) is 11.3 Å². The first-order valence-corrected chi connectivity index (χ1v) is 10.9. The number of anilines is 1. The first kappa shape index (κ1) is 22.5. The molecule has 0 aliphatic rings. The van der Waals surface area contributed by atoms with E-state index < -0.39 is 35.4 Å².